The van der Waals surface area contributed by atoms with Gasteiger partial charge in [0, 0.05) is 5.56 Å². The summed E-state index contributed by atoms with van der Waals surface area (Å²) in [6.45, 7) is 0. The molecule has 0 fully saturated rings. The SMILES string of the molecule is O=S(=O)(Oc1cccc2c1-c1ccccc1C2)C(F)(F)F. The van der Waals surface area contributed by atoms with E-state index in [4.69, 9.17) is 0 Å². The van der Waals surface area contributed by atoms with E-state index in [0.717, 1.165) is 11.1 Å². The van der Waals surface area contributed by atoms with Gasteiger partial charge in [-0.15, -0.1) is 0 Å². The number of alkyl halides is 3. The highest BCUT2D eigenvalue weighted by Crippen LogP contribution is 2.43. The van der Waals surface area contributed by atoms with Crippen LogP contribution in [0.4, 0.5) is 13.2 Å². The van der Waals surface area contributed by atoms with Crippen molar-refractivity contribution in [2.24, 2.45) is 0 Å². The first-order valence-electron chi connectivity index (χ1n) is 6.00. The van der Waals surface area contributed by atoms with Crippen molar-refractivity contribution in [1.82, 2.24) is 0 Å². The second-order valence-corrected chi connectivity index (χ2v) is 6.15. The molecule has 0 saturated heterocycles. The Kier molecular flexibility index (Phi) is 2.98. The maximum atomic E-state index is 12.5. The summed E-state index contributed by atoms with van der Waals surface area (Å²) < 4.78 is 64.0. The zero-order chi connectivity index (χ0) is 15.3. The molecule has 110 valence electrons. The lowest BCUT2D eigenvalue weighted by Gasteiger charge is -2.13. The van der Waals surface area contributed by atoms with Crippen LogP contribution >= 0.6 is 0 Å². The van der Waals surface area contributed by atoms with Crippen molar-refractivity contribution in [3.05, 3.63) is 53.6 Å². The van der Waals surface area contributed by atoms with Gasteiger partial charge in [-0.1, -0.05) is 36.4 Å². The molecule has 0 saturated carbocycles. The summed E-state index contributed by atoms with van der Waals surface area (Å²) in [5.41, 5.74) is -2.69. The third-order valence-corrected chi connectivity index (χ3v) is 4.23. The van der Waals surface area contributed by atoms with Gasteiger partial charge in [0.15, 0.2) is 5.75 Å². The van der Waals surface area contributed by atoms with Crippen LogP contribution in [0.5, 0.6) is 5.75 Å². The minimum absolute atomic E-state index is 0.297. The highest BCUT2D eigenvalue weighted by molar-refractivity contribution is 7.88. The van der Waals surface area contributed by atoms with Gasteiger partial charge in [-0.05, 0) is 29.2 Å². The summed E-state index contributed by atoms with van der Waals surface area (Å²) >= 11 is 0. The fourth-order valence-electron chi connectivity index (χ4n) is 2.39. The number of hydrogen-bond acceptors (Lipinski definition) is 3. The molecule has 0 atom stereocenters. The van der Waals surface area contributed by atoms with Crippen molar-refractivity contribution < 1.29 is 25.8 Å². The van der Waals surface area contributed by atoms with Crippen LogP contribution < -0.4 is 4.18 Å². The Balaban J connectivity index is 2.11. The molecule has 3 nitrogen and oxygen atoms in total. The third kappa shape index (κ3) is 2.27. The van der Waals surface area contributed by atoms with E-state index in [9.17, 15) is 21.6 Å². The van der Waals surface area contributed by atoms with Crippen LogP contribution in [0.15, 0.2) is 42.5 Å². The Bertz CT molecular complexity index is 810. The van der Waals surface area contributed by atoms with Gasteiger partial charge >= 0.3 is 15.6 Å². The summed E-state index contributed by atoms with van der Waals surface area (Å²) in [5, 5.41) is 0. The Labute approximate surface area is 119 Å². The second kappa shape index (κ2) is 4.49. The first kappa shape index (κ1) is 13.9. The van der Waals surface area contributed by atoms with Gasteiger partial charge in [-0.25, -0.2) is 0 Å². The lowest BCUT2D eigenvalue weighted by molar-refractivity contribution is -0.0499. The van der Waals surface area contributed by atoms with E-state index in [-0.39, 0.29) is 5.75 Å². The molecular formula is C14H9F3O3S. The van der Waals surface area contributed by atoms with Crippen LogP contribution in [0.3, 0.4) is 0 Å². The topological polar surface area (TPSA) is 43.4 Å². The van der Waals surface area contributed by atoms with E-state index in [0.29, 0.717) is 17.5 Å². The van der Waals surface area contributed by atoms with Gasteiger partial charge < -0.3 is 4.18 Å². The molecule has 21 heavy (non-hydrogen) atoms. The van der Waals surface area contributed by atoms with Crippen LogP contribution in [-0.4, -0.2) is 13.9 Å². The van der Waals surface area contributed by atoms with Crippen molar-refractivity contribution >= 4 is 10.1 Å². The van der Waals surface area contributed by atoms with Crippen LogP contribution in [0, 0.1) is 0 Å². The van der Waals surface area contributed by atoms with Gasteiger partial charge in [0.05, 0.1) is 0 Å². The molecule has 0 amide bonds. The molecule has 0 unspecified atom stereocenters. The van der Waals surface area contributed by atoms with Crippen LogP contribution in [0.2, 0.25) is 0 Å². The average molecular weight is 314 g/mol. The minimum Gasteiger partial charge on any atom is -0.375 e. The lowest BCUT2D eigenvalue weighted by atomic mass is 10.1. The minimum atomic E-state index is -5.67. The van der Waals surface area contributed by atoms with Crippen molar-refractivity contribution in [3.63, 3.8) is 0 Å². The average Bonchev–Trinajstić information content (AvgIpc) is 2.76. The van der Waals surface area contributed by atoms with Gasteiger partial charge in [-0.3, -0.25) is 0 Å². The Hall–Kier alpha value is -2.02. The van der Waals surface area contributed by atoms with E-state index >= 15 is 0 Å². The van der Waals surface area contributed by atoms with Crippen molar-refractivity contribution in [1.29, 1.82) is 0 Å². The smallest absolute Gasteiger partial charge is 0.375 e. The Morgan fingerprint density at radius 2 is 1.62 bits per heavy atom. The predicted octanol–water partition coefficient (Wildman–Crippen LogP) is 3.49. The number of halogens is 3. The molecule has 0 bridgehead atoms. The van der Waals surface area contributed by atoms with E-state index in [2.05, 4.69) is 4.18 Å². The molecule has 0 heterocycles. The lowest BCUT2D eigenvalue weighted by Crippen LogP contribution is -2.28. The maximum absolute atomic E-state index is 12.5. The molecule has 2 aromatic carbocycles. The Morgan fingerprint density at radius 3 is 2.33 bits per heavy atom. The molecule has 1 aliphatic carbocycles. The van der Waals surface area contributed by atoms with Gasteiger partial charge in [0.25, 0.3) is 0 Å². The molecule has 0 radical (unpaired) electrons. The zero-order valence-corrected chi connectivity index (χ0v) is 11.3. The molecule has 1 aliphatic rings. The normalized spacial score (nSPS) is 13.7. The van der Waals surface area contributed by atoms with E-state index in [1.54, 1.807) is 18.2 Å². The molecule has 3 rings (SSSR count). The van der Waals surface area contributed by atoms with E-state index in [1.807, 2.05) is 12.1 Å². The van der Waals surface area contributed by atoms with Crippen LogP contribution in [0.1, 0.15) is 11.1 Å². The first-order chi connectivity index (χ1) is 9.79. The summed E-state index contributed by atoms with van der Waals surface area (Å²) in [7, 11) is -5.67. The highest BCUT2D eigenvalue weighted by atomic mass is 32.2. The summed E-state index contributed by atoms with van der Waals surface area (Å²) in [6, 6.07) is 11.6. The number of rotatable bonds is 2. The van der Waals surface area contributed by atoms with E-state index in [1.165, 1.54) is 12.1 Å². The molecule has 2 aromatic rings. The molecule has 7 heteroatoms. The molecule has 0 spiro atoms. The summed E-state index contributed by atoms with van der Waals surface area (Å²) in [6.07, 6.45) is 0.536. The van der Waals surface area contributed by atoms with E-state index < -0.39 is 15.6 Å². The number of fused-ring (bicyclic) bond motifs is 3. The molecule has 0 aromatic heterocycles. The number of benzene rings is 2. The molecule has 0 aliphatic heterocycles. The Morgan fingerprint density at radius 1 is 0.952 bits per heavy atom. The monoisotopic (exact) mass is 314 g/mol. The van der Waals surface area contributed by atoms with Crippen molar-refractivity contribution in [3.8, 4) is 16.9 Å². The van der Waals surface area contributed by atoms with Crippen LogP contribution in [-0.2, 0) is 16.5 Å². The number of hydrogen-bond donors (Lipinski definition) is 0. The maximum Gasteiger partial charge on any atom is 0.534 e. The second-order valence-electron chi connectivity index (χ2n) is 4.61. The fourth-order valence-corrected chi connectivity index (χ4v) is 2.86. The highest BCUT2D eigenvalue weighted by Gasteiger charge is 2.49. The fraction of sp³-hybridized carbons (Fsp3) is 0.143. The summed E-state index contributed by atoms with van der Waals surface area (Å²) in [4.78, 5) is 0. The standard InChI is InChI=1S/C14H9F3O3S/c15-14(16,17)21(18,19)20-12-7-3-5-10-8-9-4-1-2-6-11(9)13(10)12/h1-7H,8H2. The van der Waals surface area contributed by atoms with Crippen molar-refractivity contribution in [2.75, 3.05) is 0 Å². The van der Waals surface area contributed by atoms with Gasteiger partial charge in [0.2, 0.25) is 0 Å². The first-order valence-corrected chi connectivity index (χ1v) is 7.41. The third-order valence-electron chi connectivity index (χ3n) is 3.26. The van der Waals surface area contributed by atoms with Crippen molar-refractivity contribution in [2.45, 2.75) is 11.9 Å². The van der Waals surface area contributed by atoms with Crippen LogP contribution in [0.25, 0.3) is 11.1 Å². The molecule has 0 N–H and O–H groups in total. The molecular weight excluding hydrogens is 305 g/mol. The van der Waals surface area contributed by atoms with Gasteiger partial charge in [-0.2, -0.15) is 21.6 Å². The largest absolute Gasteiger partial charge is 0.534 e. The van der Waals surface area contributed by atoms with Gasteiger partial charge in [0.1, 0.15) is 0 Å². The summed E-state index contributed by atoms with van der Waals surface area (Å²) in [5.74, 6) is -0.297. The zero-order valence-electron chi connectivity index (χ0n) is 10.5. The quantitative estimate of drug-likeness (QED) is 0.537. The predicted molar refractivity (Wildman–Crippen MR) is 70.3 cm³/mol.